The highest BCUT2D eigenvalue weighted by Gasteiger charge is 1.86. The van der Waals surface area contributed by atoms with Crippen molar-refractivity contribution in [2.75, 3.05) is 0 Å². The lowest BCUT2D eigenvalue weighted by atomic mass is 10.2. The molecule has 0 bridgehead atoms. The molecule has 3 nitrogen and oxygen atoms in total. The van der Waals surface area contributed by atoms with Crippen molar-refractivity contribution in [1.29, 1.82) is 0 Å². The van der Waals surface area contributed by atoms with E-state index in [1.807, 2.05) is 30.5 Å². The minimum atomic E-state index is -0.333. The standard InChI is InChI=1S/C9H7N.C2H5NO.ClH/c1-2-6-9-8(4-1)5-3-7-10-9;1-2(3)4;/h1-7H;1H3,(H2,3,4);1H. The van der Waals surface area contributed by atoms with Gasteiger partial charge in [-0.15, -0.1) is 12.4 Å². The first kappa shape index (κ1) is 13.4. The molecular weight excluding hydrogens is 212 g/mol. The Morgan fingerprint density at radius 2 is 1.73 bits per heavy atom. The summed E-state index contributed by atoms with van der Waals surface area (Å²) in [4.78, 5) is 13.4. The first-order chi connectivity index (χ1) is 6.70. The average Bonchev–Trinajstić information content (AvgIpc) is 2.17. The van der Waals surface area contributed by atoms with Crippen molar-refractivity contribution in [2.45, 2.75) is 6.92 Å². The molecule has 0 unspecified atom stereocenters. The van der Waals surface area contributed by atoms with E-state index in [-0.39, 0.29) is 18.3 Å². The monoisotopic (exact) mass is 224 g/mol. The van der Waals surface area contributed by atoms with Crippen LogP contribution in [0.15, 0.2) is 42.6 Å². The molecule has 15 heavy (non-hydrogen) atoms. The number of halogens is 1. The van der Waals surface area contributed by atoms with Gasteiger partial charge in [0, 0.05) is 18.5 Å². The van der Waals surface area contributed by atoms with Gasteiger partial charge in [0.15, 0.2) is 0 Å². The number of pyridine rings is 1. The van der Waals surface area contributed by atoms with E-state index in [9.17, 15) is 4.79 Å². The number of amides is 1. The average molecular weight is 225 g/mol. The second-order valence-electron chi connectivity index (χ2n) is 2.81. The Balaban J connectivity index is 0.000000346. The topological polar surface area (TPSA) is 56.0 Å². The van der Waals surface area contributed by atoms with Crippen LogP contribution in [0.25, 0.3) is 10.9 Å². The van der Waals surface area contributed by atoms with E-state index in [0.29, 0.717) is 0 Å². The number of hydrogen-bond acceptors (Lipinski definition) is 2. The number of rotatable bonds is 0. The van der Waals surface area contributed by atoms with Crippen LogP contribution in [0.3, 0.4) is 0 Å². The fraction of sp³-hybridized carbons (Fsp3) is 0.0909. The van der Waals surface area contributed by atoms with Crippen molar-refractivity contribution in [3.05, 3.63) is 42.6 Å². The van der Waals surface area contributed by atoms with Crippen molar-refractivity contribution in [1.82, 2.24) is 4.98 Å². The third-order valence-electron chi connectivity index (χ3n) is 1.51. The van der Waals surface area contributed by atoms with Gasteiger partial charge >= 0.3 is 0 Å². The summed E-state index contributed by atoms with van der Waals surface area (Å²) < 4.78 is 0. The molecule has 1 heterocycles. The summed E-state index contributed by atoms with van der Waals surface area (Å²) in [6, 6.07) is 12.1. The van der Waals surface area contributed by atoms with Crippen LogP contribution in [0.2, 0.25) is 0 Å². The Bertz CT molecular complexity index is 362. The Kier molecular flexibility index (Phi) is 6.06. The summed E-state index contributed by atoms with van der Waals surface area (Å²) in [6.45, 7) is 1.31. The molecule has 4 heteroatoms. The van der Waals surface area contributed by atoms with Gasteiger partial charge in [0.25, 0.3) is 0 Å². The Morgan fingerprint density at radius 3 is 2.33 bits per heavy atom. The van der Waals surface area contributed by atoms with E-state index in [4.69, 9.17) is 0 Å². The van der Waals surface area contributed by atoms with Gasteiger partial charge in [0.2, 0.25) is 5.91 Å². The van der Waals surface area contributed by atoms with Crippen LogP contribution in [-0.4, -0.2) is 10.9 Å². The third kappa shape index (κ3) is 4.98. The van der Waals surface area contributed by atoms with E-state index >= 15 is 0 Å². The summed E-state index contributed by atoms with van der Waals surface area (Å²) in [6.07, 6.45) is 1.81. The van der Waals surface area contributed by atoms with Crippen LogP contribution in [0.5, 0.6) is 0 Å². The molecule has 2 rings (SSSR count). The summed E-state index contributed by atoms with van der Waals surface area (Å²) in [7, 11) is 0. The van der Waals surface area contributed by atoms with E-state index in [1.54, 1.807) is 0 Å². The van der Waals surface area contributed by atoms with Gasteiger partial charge in [0.05, 0.1) is 5.52 Å². The maximum atomic E-state index is 9.22. The van der Waals surface area contributed by atoms with Crippen LogP contribution in [0.4, 0.5) is 0 Å². The predicted molar refractivity (Wildman–Crippen MR) is 63.9 cm³/mol. The SMILES string of the molecule is CC(N)=O.Cl.c1ccc2ncccc2c1. The highest BCUT2D eigenvalue weighted by Crippen LogP contribution is 2.07. The summed E-state index contributed by atoms with van der Waals surface area (Å²) in [5.41, 5.74) is 5.53. The summed E-state index contributed by atoms with van der Waals surface area (Å²) >= 11 is 0. The molecule has 0 saturated heterocycles. The second kappa shape index (κ2) is 6.79. The van der Waals surface area contributed by atoms with Crippen molar-refractivity contribution in [2.24, 2.45) is 5.73 Å². The molecule has 1 aromatic carbocycles. The van der Waals surface area contributed by atoms with Crippen LogP contribution in [-0.2, 0) is 4.79 Å². The van der Waals surface area contributed by atoms with Crippen LogP contribution in [0.1, 0.15) is 6.92 Å². The normalized spacial score (nSPS) is 8.33. The smallest absolute Gasteiger partial charge is 0.214 e. The maximum Gasteiger partial charge on any atom is 0.214 e. The van der Waals surface area contributed by atoms with Crippen molar-refractivity contribution < 1.29 is 4.79 Å². The number of nitrogens with two attached hydrogens (primary N) is 1. The van der Waals surface area contributed by atoms with Gasteiger partial charge < -0.3 is 5.73 Å². The minimum Gasteiger partial charge on any atom is -0.370 e. The van der Waals surface area contributed by atoms with Gasteiger partial charge in [-0.25, -0.2) is 0 Å². The number of nitrogens with zero attached hydrogens (tertiary/aromatic N) is 1. The number of carbonyl (C=O) groups excluding carboxylic acids is 1. The number of para-hydroxylation sites is 1. The molecule has 0 spiro atoms. The second-order valence-corrected chi connectivity index (χ2v) is 2.81. The number of aromatic nitrogens is 1. The van der Waals surface area contributed by atoms with Gasteiger partial charge in [-0.2, -0.15) is 0 Å². The number of primary amides is 1. The molecule has 1 amide bonds. The molecule has 0 saturated carbocycles. The molecule has 0 aliphatic carbocycles. The molecule has 2 N–H and O–H groups in total. The van der Waals surface area contributed by atoms with Gasteiger partial charge in [0.1, 0.15) is 0 Å². The lowest BCUT2D eigenvalue weighted by Gasteiger charge is -1.91. The molecule has 0 aliphatic rings. The molecule has 80 valence electrons. The molecular formula is C11H13ClN2O. The predicted octanol–water partition coefficient (Wildman–Crippen LogP) is 2.15. The molecule has 0 fully saturated rings. The Hall–Kier alpha value is -1.61. The molecule has 2 aromatic rings. The van der Waals surface area contributed by atoms with Crippen molar-refractivity contribution in [3.8, 4) is 0 Å². The van der Waals surface area contributed by atoms with Gasteiger partial charge in [-0.1, -0.05) is 24.3 Å². The lowest BCUT2D eigenvalue weighted by molar-refractivity contribution is -0.115. The Labute approximate surface area is 94.7 Å². The minimum absolute atomic E-state index is 0. The quantitative estimate of drug-likeness (QED) is 0.746. The number of hydrogen-bond donors (Lipinski definition) is 1. The van der Waals surface area contributed by atoms with Gasteiger partial charge in [-0.3, -0.25) is 9.78 Å². The zero-order valence-corrected chi connectivity index (χ0v) is 9.20. The van der Waals surface area contributed by atoms with Crippen LogP contribution < -0.4 is 5.73 Å². The summed E-state index contributed by atoms with van der Waals surface area (Å²) in [5.74, 6) is -0.333. The van der Waals surface area contributed by atoms with E-state index in [2.05, 4.69) is 22.9 Å². The fourth-order valence-electron chi connectivity index (χ4n) is 1.02. The lowest BCUT2D eigenvalue weighted by Crippen LogP contribution is -2.01. The fourth-order valence-corrected chi connectivity index (χ4v) is 1.02. The molecule has 1 aromatic heterocycles. The van der Waals surface area contributed by atoms with Crippen LogP contribution in [0, 0.1) is 0 Å². The molecule has 0 aliphatic heterocycles. The number of carbonyl (C=O) groups is 1. The van der Waals surface area contributed by atoms with E-state index in [1.165, 1.54) is 12.3 Å². The largest absolute Gasteiger partial charge is 0.370 e. The first-order valence-corrected chi connectivity index (χ1v) is 4.26. The molecule has 0 radical (unpaired) electrons. The highest BCUT2D eigenvalue weighted by molar-refractivity contribution is 5.85. The number of benzene rings is 1. The maximum absolute atomic E-state index is 9.22. The van der Waals surface area contributed by atoms with E-state index < -0.39 is 0 Å². The van der Waals surface area contributed by atoms with Gasteiger partial charge in [-0.05, 0) is 12.1 Å². The zero-order chi connectivity index (χ0) is 10.4. The van der Waals surface area contributed by atoms with Crippen molar-refractivity contribution in [3.63, 3.8) is 0 Å². The summed E-state index contributed by atoms with van der Waals surface area (Å²) in [5, 5.41) is 1.20. The first-order valence-electron chi connectivity index (χ1n) is 4.26. The number of fused-ring (bicyclic) bond motifs is 1. The Morgan fingerprint density at radius 1 is 1.20 bits per heavy atom. The highest BCUT2D eigenvalue weighted by atomic mass is 35.5. The molecule has 0 atom stereocenters. The third-order valence-corrected chi connectivity index (χ3v) is 1.51. The zero-order valence-electron chi connectivity index (χ0n) is 8.38. The van der Waals surface area contributed by atoms with Crippen molar-refractivity contribution >= 4 is 29.2 Å². The van der Waals surface area contributed by atoms with E-state index in [0.717, 1.165) is 5.52 Å². The van der Waals surface area contributed by atoms with Crippen LogP contribution >= 0.6 is 12.4 Å².